The fourth-order valence-electron chi connectivity index (χ4n) is 2.69. The Labute approximate surface area is 101 Å². The summed E-state index contributed by atoms with van der Waals surface area (Å²) in [5.41, 5.74) is 5.46. The van der Waals surface area contributed by atoms with Crippen molar-refractivity contribution in [2.45, 2.75) is 39.2 Å². The van der Waals surface area contributed by atoms with E-state index in [9.17, 15) is 4.39 Å². The molecule has 1 aromatic heterocycles. The van der Waals surface area contributed by atoms with Gasteiger partial charge in [-0.3, -0.25) is 0 Å². The predicted octanol–water partition coefficient (Wildman–Crippen LogP) is 2.43. The molecule has 17 heavy (non-hydrogen) atoms. The van der Waals surface area contributed by atoms with Gasteiger partial charge in [0.15, 0.2) is 11.6 Å². The van der Waals surface area contributed by atoms with E-state index in [1.165, 1.54) is 12.8 Å². The van der Waals surface area contributed by atoms with Crippen LogP contribution in [0.2, 0.25) is 0 Å². The van der Waals surface area contributed by atoms with Crippen molar-refractivity contribution in [2.75, 3.05) is 11.1 Å². The molecule has 0 bridgehead atoms. The van der Waals surface area contributed by atoms with E-state index in [4.69, 9.17) is 5.73 Å². The van der Waals surface area contributed by atoms with Crippen LogP contribution in [0, 0.1) is 17.7 Å². The maximum Gasteiger partial charge on any atom is 0.222 e. The van der Waals surface area contributed by atoms with Gasteiger partial charge in [0.1, 0.15) is 0 Å². The molecule has 0 saturated heterocycles. The molecular weight excluding hydrogens is 219 g/mol. The summed E-state index contributed by atoms with van der Waals surface area (Å²) in [6, 6.07) is 0.281. The third-order valence-electron chi connectivity index (χ3n) is 3.84. The van der Waals surface area contributed by atoms with Crippen LogP contribution in [0.4, 0.5) is 16.2 Å². The highest BCUT2D eigenvalue weighted by atomic mass is 19.1. The molecule has 1 saturated carbocycles. The Morgan fingerprint density at radius 2 is 2.29 bits per heavy atom. The van der Waals surface area contributed by atoms with Crippen molar-refractivity contribution in [3.05, 3.63) is 12.0 Å². The lowest BCUT2D eigenvalue weighted by atomic mass is 9.93. The minimum Gasteiger partial charge on any atom is -0.368 e. The van der Waals surface area contributed by atoms with Crippen molar-refractivity contribution in [3.63, 3.8) is 0 Å². The van der Waals surface area contributed by atoms with Crippen molar-refractivity contribution in [2.24, 2.45) is 11.8 Å². The molecule has 5 heteroatoms. The number of halogens is 1. The van der Waals surface area contributed by atoms with E-state index in [-0.39, 0.29) is 17.8 Å². The molecule has 4 nitrogen and oxygen atoms in total. The van der Waals surface area contributed by atoms with E-state index < -0.39 is 5.82 Å². The third kappa shape index (κ3) is 2.48. The fraction of sp³-hybridized carbons (Fsp3) is 0.667. The number of anilines is 2. The second-order valence-corrected chi connectivity index (χ2v) is 4.78. The summed E-state index contributed by atoms with van der Waals surface area (Å²) in [6.07, 6.45) is 4.54. The number of nitrogens with two attached hydrogens (primary N) is 1. The molecule has 0 spiro atoms. The maximum atomic E-state index is 13.5. The van der Waals surface area contributed by atoms with Crippen molar-refractivity contribution < 1.29 is 4.39 Å². The number of nitrogens with zero attached hydrogens (tertiary/aromatic N) is 2. The molecule has 1 heterocycles. The molecule has 3 atom stereocenters. The van der Waals surface area contributed by atoms with E-state index in [1.54, 1.807) is 0 Å². The summed E-state index contributed by atoms with van der Waals surface area (Å²) >= 11 is 0. The van der Waals surface area contributed by atoms with E-state index in [2.05, 4.69) is 29.1 Å². The number of aromatic nitrogens is 2. The Morgan fingerprint density at radius 3 is 2.94 bits per heavy atom. The number of rotatable bonds is 3. The lowest BCUT2D eigenvalue weighted by molar-refractivity contribution is 0.391. The van der Waals surface area contributed by atoms with Crippen molar-refractivity contribution in [1.29, 1.82) is 0 Å². The minimum atomic E-state index is -0.439. The van der Waals surface area contributed by atoms with Crippen LogP contribution in [-0.2, 0) is 0 Å². The number of hydrogen-bond donors (Lipinski definition) is 2. The first-order valence-electron chi connectivity index (χ1n) is 6.16. The summed E-state index contributed by atoms with van der Waals surface area (Å²) in [5.74, 6) is 1.15. The summed E-state index contributed by atoms with van der Waals surface area (Å²) in [4.78, 5) is 7.52. The molecule has 1 aromatic rings. The lowest BCUT2D eigenvalue weighted by Gasteiger charge is -2.21. The van der Waals surface area contributed by atoms with Gasteiger partial charge in [-0.05, 0) is 24.7 Å². The smallest absolute Gasteiger partial charge is 0.222 e. The van der Waals surface area contributed by atoms with Crippen LogP contribution in [0.15, 0.2) is 6.20 Å². The van der Waals surface area contributed by atoms with Crippen molar-refractivity contribution in [3.8, 4) is 0 Å². The number of hydrogen-bond acceptors (Lipinski definition) is 4. The van der Waals surface area contributed by atoms with Gasteiger partial charge in [0.2, 0.25) is 5.95 Å². The Kier molecular flexibility index (Phi) is 3.45. The Morgan fingerprint density at radius 1 is 1.53 bits per heavy atom. The first-order chi connectivity index (χ1) is 8.11. The molecule has 1 aliphatic rings. The average molecular weight is 238 g/mol. The van der Waals surface area contributed by atoms with Gasteiger partial charge >= 0.3 is 0 Å². The summed E-state index contributed by atoms with van der Waals surface area (Å²) in [7, 11) is 0. The SMILES string of the molecule is CCC1CCC(Nc2nc(N)ncc2F)C1C. The zero-order valence-corrected chi connectivity index (χ0v) is 10.3. The van der Waals surface area contributed by atoms with Gasteiger partial charge in [-0.25, -0.2) is 9.37 Å². The van der Waals surface area contributed by atoms with Gasteiger partial charge in [-0.2, -0.15) is 4.98 Å². The highest BCUT2D eigenvalue weighted by molar-refractivity contribution is 5.40. The highest BCUT2D eigenvalue weighted by Gasteiger charge is 2.32. The van der Waals surface area contributed by atoms with Crippen LogP contribution in [0.3, 0.4) is 0 Å². The molecule has 1 fully saturated rings. The van der Waals surface area contributed by atoms with Crippen LogP contribution in [0.5, 0.6) is 0 Å². The Bertz CT molecular complexity index is 396. The standard InChI is InChI=1S/C12H19FN4/c1-3-8-4-5-10(7(8)2)16-11-9(13)6-15-12(14)17-11/h6-8,10H,3-5H2,1-2H3,(H3,14,15,16,17). The van der Waals surface area contributed by atoms with Crippen LogP contribution in [0.25, 0.3) is 0 Å². The van der Waals surface area contributed by atoms with E-state index >= 15 is 0 Å². The molecule has 0 aromatic carbocycles. The molecule has 3 unspecified atom stereocenters. The fourth-order valence-corrected chi connectivity index (χ4v) is 2.69. The van der Waals surface area contributed by atoms with Crippen LogP contribution >= 0.6 is 0 Å². The largest absolute Gasteiger partial charge is 0.368 e. The summed E-state index contributed by atoms with van der Waals surface area (Å²) < 4.78 is 13.5. The molecule has 3 N–H and O–H groups in total. The van der Waals surface area contributed by atoms with E-state index in [0.29, 0.717) is 5.92 Å². The Hall–Kier alpha value is -1.39. The molecular formula is C12H19FN4. The number of nitrogens with one attached hydrogen (secondary N) is 1. The maximum absolute atomic E-state index is 13.5. The van der Waals surface area contributed by atoms with E-state index in [1.807, 2.05) is 0 Å². The molecule has 94 valence electrons. The quantitative estimate of drug-likeness (QED) is 0.849. The van der Waals surface area contributed by atoms with Crippen LogP contribution in [-0.4, -0.2) is 16.0 Å². The lowest BCUT2D eigenvalue weighted by Crippen LogP contribution is -2.26. The zero-order valence-electron chi connectivity index (χ0n) is 10.3. The molecule has 0 amide bonds. The zero-order chi connectivity index (χ0) is 12.4. The molecule has 0 radical (unpaired) electrons. The minimum absolute atomic E-state index is 0.103. The monoisotopic (exact) mass is 238 g/mol. The normalized spacial score (nSPS) is 28.3. The van der Waals surface area contributed by atoms with Gasteiger partial charge in [0.25, 0.3) is 0 Å². The Balaban J connectivity index is 2.09. The second kappa shape index (κ2) is 4.85. The van der Waals surface area contributed by atoms with Gasteiger partial charge < -0.3 is 11.1 Å². The van der Waals surface area contributed by atoms with Crippen molar-refractivity contribution in [1.82, 2.24) is 9.97 Å². The first-order valence-corrected chi connectivity index (χ1v) is 6.16. The predicted molar refractivity (Wildman–Crippen MR) is 66.0 cm³/mol. The highest BCUT2D eigenvalue weighted by Crippen LogP contribution is 2.35. The van der Waals surface area contributed by atoms with Gasteiger partial charge in [0, 0.05) is 6.04 Å². The average Bonchev–Trinajstić information content (AvgIpc) is 2.65. The van der Waals surface area contributed by atoms with Gasteiger partial charge in [-0.1, -0.05) is 20.3 Å². The third-order valence-corrected chi connectivity index (χ3v) is 3.84. The van der Waals surface area contributed by atoms with Crippen molar-refractivity contribution >= 4 is 11.8 Å². The van der Waals surface area contributed by atoms with Gasteiger partial charge in [-0.15, -0.1) is 0 Å². The summed E-state index contributed by atoms with van der Waals surface area (Å²) in [5, 5.41) is 3.16. The second-order valence-electron chi connectivity index (χ2n) is 4.78. The molecule has 0 aliphatic heterocycles. The number of nitrogen functional groups attached to an aromatic ring is 1. The first kappa shape index (κ1) is 12.1. The van der Waals surface area contributed by atoms with Gasteiger partial charge in [0.05, 0.1) is 6.20 Å². The molecule has 1 aliphatic carbocycles. The topological polar surface area (TPSA) is 63.8 Å². The molecule has 2 rings (SSSR count). The van der Waals surface area contributed by atoms with E-state index in [0.717, 1.165) is 18.5 Å². The summed E-state index contributed by atoms with van der Waals surface area (Å²) in [6.45, 7) is 4.41. The van der Waals surface area contributed by atoms with Crippen LogP contribution < -0.4 is 11.1 Å². The van der Waals surface area contributed by atoms with Crippen LogP contribution in [0.1, 0.15) is 33.1 Å².